The number of benzene rings is 2. The first kappa shape index (κ1) is 11.4. The average Bonchev–Trinajstić information content (AvgIpc) is 2.23. The quantitative estimate of drug-likeness (QED) is 0.688. The molecule has 80 valence electrons. The zero-order valence-corrected chi connectivity index (χ0v) is 9.28. The van der Waals surface area contributed by atoms with E-state index in [2.05, 4.69) is 0 Å². The Morgan fingerprint density at radius 2 is 1.53 bits per heavy atom. The number of fused-ring (bicyclic) bond motifs is 1. The van der Waals surface area contributed by atoms with E-state index in [4.69, 9.17) is 0 Å². The van der Waals surface area contributed by atoms with E-state index in [9.17, 15) is 10.2 Å². The molecular weight excluding hydrogens is 188 g/mol. The van der Waals surface area contributed by atoms with Crippen molar-refractivity contribution in [2.45, 2.75) is 20.8 Å². The van der Waals surface area contributed by atoms with Crippen molar-refractivity contribution in [2.75, 3.05) is 0 Å². The second kappa shape index (κ2) is 4.69. The predicted octanol–water partition coefficient (Wildman–Crippen LogP) is 3.59. The van der Waals surface area contributed by atoms with Crippen molar-refractivity contribution in [3.63, 3.8) is 0 Å². The maximum atomic E-state index is 9.42. The lowest BCUT2D eigenvalue weighted by atomic mass is 10.1. The van der Waals surface area contributed by atoms with Gasteiger partial charge in [0, 0.05) is 0 Å². The fourth-order valence-electron chi connectivity index (χ4n) is 1.39. The lowest BCUT2D eigenvalue weighted by Gasteiger charge is -2.02. The van der Waals surface area contributed by atoms with Gasteiger partial charge in [0.05, 0.1) is 0 Å². The van der Waals surface area contributed by atoms with Crippen LogP contribution in [-0.2, 0) is 0 Å². The van der Waals surface area contributed by atoms with Gasteiger partial charge in [0.2, 0.25) is 0 Å². The summed E-state index contributed by atoms with van der Waals surface area (Å²) in [6.45, 7) is 5.83. The maximum Gasteiger partial charge on any atom is 0.119 e. The summed E-state index contributed by atoms with van der Waals surface area (Å²) < 4.78 is 0. The second-order valence-electron chi connectivity index (χ2n) is 3.17. The molecule has 2 nitrogen and oxygen atoms in total. The standard InChI is InChI=1S/C11H10O2.C2H6/c1-7-4-9-5-10(12)3-2-8(9)6-11(7)13;1-2/h2-6,12-13H,1H3;1-2H3. The molecule has 2 rings (SSSR count). The summed E-state index contributed by atoms with van der Waals surface area (Å²) in [5.74, 6) is 0.538. The van der Waals surface area contributed by atoms with Crippen LogP contribution in [0.25, 0.3) is 10.8 Å². The van der Waals surface area contributed by atoms with Crippen LogP contribution in [-0.4, -0.2) is 10.2 Å². The van der Waals surface area contributed by atoms with Gasteiger partial charge in [-0.1, -0.05) is 19.9 Å². The molecule has 2 aromatic rings. The van der Waals surface area contributed by atoms with Crippen LogP contribution in [0.15, 0.2) is 30.3 Å². The van der Waals surface area contributed by atoms with Crippen LogP contribution in [0.3, 0.4) is 0 Å². The third-order valence-electron chi connectivity index (χ3n) is 2.14. The molecule has 0 heterocycles. The van der Waals surface area contributed by atoms with Crippen LogP contribution in [0.4, 0.5) is 0 Å². The Kier molecular flexibility index (Phi) is 3.56. The molecule has 0 bridgehead atoms. The van der Waals surface area contributed by atoms with Gasteiger partial charge in [-0.25, -0.2) is 0 Å². The minimum Gasteiger partial charge on any atom is -0.508 e. The molecule has 0 saturated heterocycles. The highest BCUT2D eigenvalue weighted by atomic mass is 16.3. The summed E-state index contributed by atoms with van der Waals surface area (Å²) in [5.41, 5.74) is 0.818. The fourth-order valence-corrected chi connectivity index (χ4v) is 1.39. The van der Waals surface area contributed by atoms with E-state index in [1.807, 2.05) is 26.8 Å². The highest BCUT2D eigenvalue weighted by molar-refractivity contribution is 5.86. The average molecular weight is 204 g/mol. The van der Waals surface area contributed by atoms with E-state index in [1.54, 1.807) is 24.3 Å². The van der Waals surface area contributed by atoms with Gasteiger partial charge >= 0.3 is 0 Å². The predicted molar refractivity (Wildman–Crippen MR) is 63.4 cm³/mol. The van der Waals surface area contributed by atoms with Gasteiger partial charge < -0.3 is 10.2 Å². The molecule has 0 aromatic heterocycles. The molecular formula is C13H16O2. The number of phenols is 2. The molecule has 0 aliphatic heterocycles. The smallest absolute Gasteiger partial charge is 0.119 e. The Morgan fingerprint density at radius 1 is 0.867 bits per heavy atom. The largest absolute Gasteiger partial charge is 0.508 e. The Morgan fingerprint density at radius 3 is 2.20 bits per heavy atom. The first-order valence-electron chi connectivity index (χ1n) is 5.09. The normalized spacial score (nSPS) is 9.53. The molecule has 0 amide bonds. The number of hydrogen-bond acceptors (Lipinski definition) is 2. The molecule has 0 aliphatic carbocycles. The van der Waals surface area contributed by atoms with Crippen LogP contribution in [0.1, 0.15) is 19.4 Å². The number of hydrogen-bond donors (Lipinski definition) is 2. The number of rotatable bonds is 0. The third kappa shape index (κ3) is 2.40. The summed E-state index contributed by atoms with van der Waals surface area (Å²) in [7, 11) is 0. The number of aromatic hydroxyl groups is 2. The Hall–Kier alpha value is -1.70. The van der Waals surface area contributed by atoms with Crippen molar-refractivity contribution in [3.8, 4) is 11.5 Å². The molecule has 0 atom stereocenters. The van der Waals surface area contributed by atoms with Crippen molar-refractivity contribution in [3.05, 3.63) is 35.9 Å². The molecule has 0 spiro atoms. The van der Waals surface area contributed by atoms with Gasteiger partial charge in [0.15, 0.2) is 0 Å². The summed E-state index contributed by atoms with van der Waals surface area (Å²) in [5, 5.41) is 20.5. The first-order valence-corrected chi connectivity index (χ1v) is 5.09. The lowest BCUT2D eigenvalue weighted by Crippen LogP contribution is -1.77. The summed E-state index contributed by atoms with van der Waals surface area (Å²) in [4.78, 5) is 0. The van der Waals surface area contributed by atoms with Gasteiger partial charge in [-0.15, -0.1) is 0 Å². The molecule has 2 N–H and O–H groups in total. The Balaban J connectivity index is 0.000000531. The Bertz CT molecular complexity index is 461. The maximum absolute atomic E-state index is 9.42. The van der Waals surface area contributed by atoms with E-state index < -0.39 is 0 Å². The summed E-state index contributed by atoms with van der Waals surface area (Å²) in [6, 6.07) is 8.62. The minimum absolute atomic E-state index is 0.248. The Labute approximate surface area is 89.8 Å². The van der Waals surface area contributed by atoms with Crippen LogP contribution < -0.4 is 0 Å². The van der Waals surface area contributed by atoms with E-state index >= 15 is 0 Å². The van der Waals surface area contributed by atoms with Crippen molar-refractivity contribution >= 4 is 10.8 Å². The van der Waals surface area contributed by atoms with Crippen LogP contribution in [0, 0.1) is 6.92 Å². The van der Waals surface area contributed by atoms with Gasteiger partial charge in [0.25, 0.3) is 0 Å². The minimum atomic E-state index is 0.248. The highest BCUT2D eigenvalue weighted by Gasteiger charge is 1.99. The molecule has 0 fully saturated rings. The van der Waals surface area contributed by atoms with E-state index in [0.717, 1.165) is 16.3 Å². The second-order valence-corrected chi connectivity index (χ2v) is 3.17. The topological polar surface area (TPSA) is 40.5 Å². The lowest BCUT2D eigenvalue weighted by molar-refractivity contribution is 0.471. The van der Waals surface area contributed by atoms with Crippen molar-refractivity contribution < 1.29 is 10.2 Å². The van der Waals surface area contributed by atoms with E-state index in [-0.39, 0.29) is 11.5 Å². The SMILES string of the molecule is CC.Cc1cc2cc(O)ccc2cc1O. The van der Waals surface area contributed by atoms with E-state index in [1.165, 1.54) is 0 Å². The highest BCUT2D eigenvalue weighted by Crippen LogP contribution is 2.26. The molecule has 2 heteroatoms. The van der Waals surface area contributed by atoms with Gasteiger partial charge in [-0.2, -0.15) is 0 Å². The van der Waals surface area contributed by atoms with Crippen LogP contribution in [0.5, 0.6) is 11.5 Å². The van der Waals surface area contributed by atoms with Gasteiger partial charge in [0.1, 0.15) is 11.5 Å². The fraction of sp³-hybridized carbons (Fsp3) is 0.231. The summed E-state index contributed by atoms with van der Waals surface area (Å²) in [6.07, 6.45) is 0. The van der Waals surface area contributed by atoms with Crippen molar-refractivity contribution in [1.29, 1.82) is 0 Å². The van der Waals surface area contributed by atoms with Crippen LogP contribution in [0.2, 0.25) is 0 Å². The monoisotopic (exact) mass is 204 g/mol. The molecule has 0 unspecified atom stereocenters. The van der Waals surface area contributed by atoms with Crippen molar-refractivity contribution in [1.82, 2.24) is 0 Å². The molecule has 15 heavy (non-hydrogen) atoms. The molecule has 2 aromatic carbocycles. The number of aryl methyl sites for hydroxylation is 1. The van der Waals surface area contributed by atoms with Gasteiger partial charge in [-0.3, -0.25) is 0 Å². The van der Waals surface area contributed by atoms with Gasteiger partial charge in [-0.05, 0) is 47.5 Å². The third-order valence-corrected chi connectivity index (χ3v) is 2.14. The molecule has 0 saturated carbocycles. The van der Waals surface area contributed by atoms with Crippen molar-refractivity contribution in [2.24, 2.45) is 0 Å². The zero-order chi connectivity index (χ0) is 11.4. The molecule has 0 aliphatic rings. The number of phenolic OH excluding ortho intramolecular Hbond substituents is 2. The first-order chi connectivity index (χ1) is 7.16. The van der Waals surface area contributed by atoms with Crippen LogP contribution >= 0.6 is 0 Å². The zero-order valence-electron chi connectivity index (χ0n) is 9.28. The summed E-state index contributed by atoms with van der Waals surface area (Å²) >= 11 is 0. The molecule has 0 radical (unpaired) electrons. The van der Waals surface area contributed by atoms with E-state index in [0.29, 0.717) is 0 Å².